The molecule has 1 aromatic carbocycles. The van der Waals surface area contributed by atoms with Gasteiger partial charge in [0.2, 0.25) is 0 Å². The monoisotopic (exact) mass is 537 g/mol. The zero-order valence-electron chi connectivity index (χ0n) is 23.4. The van der Waals surface area contributed by atoms with Gasteiger partial charge in [0.15, 0.2) is 11.5 Å². The predicted molar refractivity (Wildman–Crippen MR) is 141 cm³/mol. The van der Waals surface area contributed by atoms with E-state index in [1.165, 1.54) is 12.1 Å². The summed E-state index contributed by atoms with van der Waals surface area (Å²) < 4.78 is 21.2. The van der Waals surface area contributed by atoms with Crippen molar-refractivity contribution in [1.82, 2.24) is 5.32 Å². The van der Waals surface area contributed by atoms with E-state index in [0.29, 0.717) is 18.4 Å². The second kappa shape index (κ2) is 17.4. The average Bonchev–Trinajstić information content (AvgIpc) is 2.88. The number of rotatable bonds is 17. The maximum Gasteiger partial charge on any atom is 0.508 e. The van der Waals surface area contributed by atoms with Crippen molar-refractivity contribution < 1.29 is 43.2 Å². The lowest BCUT2D eigenvalue weighted by Crippen LogP contribution is -2.42. The van der Waals surface area contributed by atoms with E-state index < -0.39 is 36.2 Å². The number of aliphatic carboxylic acids is 1. The minimum Gasteiger partial charge on any atom is -0.480 e. The van der Waals surface area contributed by atoms with E-state index in [-0.39, 0.29) is 42.9 Å². The number of carboxylic acids is 1. The third-order valence-corrected chi connectivity index (χ3v) is 6.11. The maximum atomic E-state index is 12.5. The van der Waals surface area contributed by atoms with Crippen molar-refractivity contribution in [1.29, 1.82) is 0 Å². The normalized spacial score (nSPS) is 14.1. The zero-order valence-corrected chi connectivity index (χ0v) is 23.4. The first-order valence-electron chi connectivity index (χ1n) is 13.4. The van der Waals surface area contributed by atoms with E-state index in [1.54, 1.807) is 26.8 Å². The molecule has 1 rings (SSSR count). The molecule has 0 aromatic heterocycles. The molecular weight excluding hydrogens is 494 g/mol. The van der Waals surface area contributed by atoms with Crippen LogP contribution in [-0.4, -0.2) is 54.5 Å². The van der Waals surface area contributed by atoms with E-state index in [0.717, 1.165) is 19.3 Å². The van der Waals surface area contributed by atoms with E-state index >= 15 is 0 Å². The second-order valence-corrected chi connectivity index (χ2v) is 9.48. The van der Waals surface area contributed by atoms with Gasteiger partial charge in [-0.25, -0.2) is 4.79 Å². The molecule has 0 saturated carbocycles. The lowest BCUT2D eigenvalue weighted by atomic mass is 10.0. The molecule has 0 saturated heterocycles. The van der Waals surface area contributed by atoms with Gasteiger partial charge in [0.05, 0.1) is 18.4 Å². The van der Waals surface area contributed by atoms with Gasteiger partial charge in [-0.1, -0.05) is 53.5 Å². The van der Waals surface area contributed by atoms with Gasteiger partial charge in [0.25, 0.3) is 0 Å². The van der Waals surface area contributed by atoms with Crippen LogP contribution in [-0.2, 0) is 30.3 Å². The molecule has 3 unspecified atom stereocenters. The highest BCUT2D eigenvalue weighted by molar-refractivity contribution is 5.78. The standard InChI is InChI=1S/C28H43NO9/c1-7-10-11-14-35-28(34)36-20(6)17-29-22(25(30)31)15-21-12-13-23(37-26(32)18(4)8-2)24(16-21)38-27(33)19(5)9-3/h12-13,16,18-20,22,29H,7-11,14-15,17H2,1-6H3,(H,30,31)/t18?,19?,20?,22-/m0/s1. The summed E-state index contributed by atoms with van der Waals surface area (Å²) in [4.78, 5) is 48.5. The SMILES string of the molecule is CCCCCOC(=O)OC(C)CN[C@@H](Cc1ccc(OC(=O)C(C)CC)c(OC(=O)C(C)CC)c1)C(=O)O. The quantitative estimate of drug-likeness (QED) is 0.160. The third kappa shape index (κ3) is 11.9. The first-order chi connectivity index (χ1) is 18.0. The van der Waals surface area contributed by atoms with Crippen molar-refractivity contribution in [3.63, 3.8) is 0 Å². The summed E-state index contributed by atoms with van der Waals surface area (Å²) in [6.07, 6.45) is 2.48. The fraction of sp³-hybridized carbons (Fsp3) is 0.643. The average molecular weight is 538 g/mol. The lowest BCUT2D eigenvalue weighted by molar-refractivity contribution is -0.141. The van der Waals surface area contributed by atoms with Crippen LogP contribution in [0.15, 0.2) is 18.2 Å². The minimum absolute atomic E-state index is 0.0387. The maximum absolute atomic E-state index is 12.5. The van der Waals surface area contributed by atoms with E-state index in [2.05, 4.69) is 5.32 Å². The van der Waals surface area contributed by atoms with Crippen molar-refractivity contribution in [2.75, 3.05) is 13.2 Å². The van der Waals surface area contributed by atoms with Gasteiger partial charge in [0.1, 0.15) is 12.1 Å². The first-order valence-corrected chi connectivity index (χ1v) is 13.4. The molecule has 0 amide bonds. The second-order valence-electron chi connectivity index (χ2n) is 9.48. The van der Waals surface area contributed by atoms with Gasteiger partial charge >= 0.3 is 24.1 Å². The van der Waals surface area contributed by atoms with Crippen LogP contribution in [0, 0.1) is 11.8 Å². The minimum atomic E-state index is -1.11. The number of ether oxygens (including phenoxy) is 4. The van der Waals surface area contributed by atoms with Crippen LogP contribution < -0.4 is 14.8 Å². The summed E-state index contributed by atoms with van der Waals surface area (Å²) in [5.74, 6) is -2.61. The number of esters is 2. The lowest BCUT2D eigenvalue weighted by Gasteiger charge is -2.19. The Hall–Kier alpha value is -3.14. The van der Waals surface area contributed by atoms with Gasteiger partial charge < -0.3 is 29.4 Å². The summed E-state index contributed by atoms with van der Waals surface area (Å²) in [7, 11) is 0. The number of nitrogens with one attached hydrogen (secondary N) is 1. The van der Waals surface area contributed by atoms with Crippen molar-refractivity contribution in [2.24, 2.45) is 11.8 Å². The van der Waals surface area contributed by atoms with Gasteiger partial charge in [-0.3, -0.25) is 14.4 Å². The Morgan fingerprint density at radius 2 is 1.50 bits per heavy atom. The summed E-state index contributed by atoms with van der Waals surface area (Å²) in [5, 5.41) is 12.6. The molecule has 0 aliphatic heterocycles. The van der Waals surface area contributed by atoms with Crippen LogP contribution in [0.25, 0.3) is 0 Å². The number of unbranched alkanes of at least 4 members (excludes halogenated alkanes) is 2. The Morgan fingerprint density at radius 1 is 0.895 bits per heavy atom. The van der Waals surface area contributed by atoms with Crippen LogP contribution >= 0.6 is 0 Å². The Kier molecular flexibility index (Phi) is 15.0. The molecule has 4 atom stereocenters. The zero-order chi connectivity index (χ0) is 28.7. The molecule has 10 heteroatoms. The predicted octanol–water partition coefficient (Wildman–Crippen LogP) is 4.91. The molecular formula is C28H43NO9. The van der Waals surface area contributed by atoms with E-state index in [9.17, 15) is 24.3 Å². The molecule has 2 N–H and O–H groups in total. The van der Waals surface area contributed by atoms with Crippen molar-refractivity contribution in [3.05, 3.63) is 23.8 Å². The summed E-state index contributed by atoms with van der Waals surface area (Å²) in [5.41, 5.74) is 0.545. The molecule has 0 spiro atoms. The van der Waals surface area contributed by atoms with Crippen LogP contribution in [0.4, 0.5) is 4.79 Å². The molecule has 0 fully saturated rings. The number of benzene rings is 1. The molecule has 0 aliphatic carbocycles. The summed E-state index contributed by atoms with van der Waals surface area (Å²) in [6, 6.07) is 3.59. The van der Waals surface area contributed by atoms with Crippen molar-refractivity contribution >= 4 is 24.1 Å². The highest BCUT2D eigenvalue weighted by Gasteiger charge is 2.23. The smallest absolute Gasteiger partial charge is 0.480 e. The van der Waals surface area contributed by atoms with Crippen LogP contribution in [0.5, 0.6) is 11.5 Å². The van der Waals surface area contributed by atoms with Gasteiger partial charge in [-0.15, -0.1) is 0 Å². The molecule has 1 aromatic rings. The molecule has 0 bridgehead atoms. The van der Waals surface area contributed by atoms with Gasteiger partial charge in [-0.05, 0) is 50.3 Å². The number of carboxylic acid groups (broad SMARTS) is 1. The third-order valence-electron chi connectivity index (χ3n) is 6.11. The van der Waals surface area contributed by atoms with Crippen LogP contribution in [0.3, 0.4) is 0 Å². The van der Waals surface area contributed by atoms with Gasteiger partial charge in [0, 0.05) is 6.54 Å². The first kappa shape index (κ1) is 32.9. The Balaban J connectivity index is 2.92. The molecule has 38 heavy (non-hydrogen) atoms. The Bertz CT molecular complexity index is 918. The van der Waals surface area contributed by atoms with Crippen LogP contribution in [0.1, 0.15) is 79.2 Å². The molecule has 0 radical (unpaired) electrons. The van der Waals surface area contributed by atoms with Gasteiger partial charge in [-0.2, -0.15) is 0 Å². The molecule has 214 valence electrons. The number of hydrogen-bond acceptors (Lipinski definition) is 9. The highest BCUT2D eigenvalue weighted by atomic mass is 16.7. The topological polar surface area (TPSA) is 137 Å². The fourth-order valence-electron chi connectivity index (χ4n) is 3.13. The molecule has 0 heterocycles. The molecule has 0 aliphatic rings. The van der Waals surface area contributed by atoms with Crippen molar-refractivity contribution in [3.8, 4) is 11.5 Å². The summed E-state index contributed by atoms with van der Waals surface area (Å²) in [6.45, 7) is 11.2. The number of carbonyl (C=O) groups is 4. The number of hydrogen-bond donors (Lipinski definition) is 2. The molecule has 10 nitrogen and oxygen atoms in total. The fourth-order valence-corrected chi connectivity index (χ4v) is 3.13. The Morgan fingerprint density at radius 3 is 2.05 bits per heavy atom. The van der Waals surface area contributed by atoms with E-state index in [4.69, 9.17) is 18.9 Å². The van der Waals surface area contributed by atoms with Crippen LogP contribution in [0.2, 0.25) is 0 Å². The summed E-state index contributed by atoms with van der Waals surface area (Å²) >= 11 is 0. The largest absolute Gasteiger partial charge is 0.508 e. The van der Waals surface area contributed by atoms with Crippen molar-refractivity contribution in [2.45, 2.75) is 92.2 Å². The highest BCUT2D eigenvalue weighted by Crippen LogP contribution is 2.31. The number of carbonyl (C=O) groups excluding carboxylic acids is 3. The Labute approximate surface area is 225 Å². The van der Waals surface area contributed by atoms with E-state index in [1.807, 2.05) is 20.8 Å².